The zero-order valence-electron chi connectivity index (χ0n) is 44.2. The van der Waals surface area contributed by atoms with E-state index in [-0.39, 0.29) is 74.2 Å². The van der Waals surface area contributed by atoms with E-state index in [0.717, 1.165) is 56.2 Å². The van der Waals surface area contributed by atoms with Gasteiger partial charge in [-0.15, -0.1) is 22.7 Å². The Kier molecular flexibility index (Phi) is 21.8. The van der Waals surface area contributed by atoms with Crippen molar-refractivity contribution in [3.05, 3.63) is 82.1 Å². The highest BCUT2D eigenvalue weighted by Crippen LogP contribution is 2.31. The van der Waals surface area contributed by atoms with Gasteiger partial charge in [0.1, 0.15) is 24.2 Å². The second kappa shape index (κ2) is 27.2. The van der Waals surface area contributed by atoms with Crippen LogP contribution >= 0.6 is 22.7 Å². The van der Waals surface area contributed by atoms with Crippen molar-refractivity contribution in [2.45, 2.75) is 156 Å². The summed E-state index contributed by atoms with van der Waals surface area (Å²) in [5.74, 6) is -1.82. The van der Waals surface area contributed by atoms with Crippen LogP contribution in [0.2, 0.25) is 0 Å². The predicted octanol–water partition coefficient (Wildman–Crippen LogP) is 4.71. The highest BCUT2D eigenvalue weighted by atomic mass is 32.1. The van der Waals surface area contributed by atoms with Gasteiger partial charge >= 0.3 is 0 Å². The average molecular weight is 1060 g/mol. The van der Waals surface area contributed by atoms with Crippen LogP contribution in [0.5, 0.6) is 0 Å². The number of nitrogens with zero attached hydrogens (tertiary/aromatic N) is 4. The first-order valence-electron chi connectivity index (χ1n) is 25.5. The van der Waals surface area contributed by atoms with E-state index in [1.54, 1.807) is 22.7 Å². The van der Waals surface area contributed by atoms with Gasteiger partial charge in [-0.25, -0.2) is 9.97 Å². The van der Waals surface area contributed by atoms with Gasteiger partial charge < -0.3 is 52.7 Å². The number of likely N-dealkylation sites (tertiary alicyclic amines) is 2. The number of rotatable bonds is 20. The topological polar surface area (TPSA) is 275 Å². The number of aliphatic hydroxyl groups is 2. The number of hydrogen-bond acceptors (Lipinski definition) is 14. The summed E-state index contributed by atoms with van der Waals surface area (Å²) in [7, 11) is 0. The minimum atomic E-state index is -0.818. The zero-order valence-corrected chi connectivity index (χ0v) is 45.9. The monoisotopic (exact) mass is 1060 g/mol. The van der Waals surface area contributed by atoms with Crippen molar-refractivity contribution < 1.29 is 39.0 Å². The molecule has 2 aromatic heterocycles. The van der Waals surface area contributed by atoms with Crippen LogP contribution in [0, 0.1) is 24.7 Å². The minimum Gasteiger partial charge on any atom is -0.391 e. The first kappa shape index (κ1) is 59.2. The third-order valence-electron chi connectivity index (χ3n) is 13.1. The van der Waals surface area contributed by atoms with Crippen LogP contribution in [0.1, 0.15) is 115 Å². The number of carbonyl (C=O) groups excluding carboxylic acids is 6. The van der Waals surface area contributed by atoms with E-state index in [0.29, 0.717) is 39.0 Å². The van der Waals surface area contributed by atoms with Gasteiger partial charge in [-0.2, -0.15) is 0 Å². The molecule has 10 N–H and O–H groups in total. The van der Waals surface area contributed by atoms with Gasteiger partial charge in [-0.05, 0) is 85.7 Å². The lowest BCUT2D eigenvalue weighted by atomic mass is 9.85. The smallest absolute Gasteiger partial charge is 0.246 e. The van der Waals surface area contributed by atoms with E-state index < -0.39 is 47.2 Å². The molecule has 1 unspecified atom stereocenters. The summed E-state index contributed by atoms with van der Waals surface area (Å²) in [5.41, 5.74) is 19.5. The lowest BCUT2D eigenvalue weighted by molar-refractivity contribution is -0.144. The fourth-order valence-corrected chi connectivity index (χ4v) is 10.5. The van der Waals surface area contributed by atoms with Crippen LogP contribution in [0.25, 0.3) is 20.9 Å². The number of unbranched alkanes of at least 4 members (excludes halogenated alkanes) is 2. The highest BCUT2D eigenvalue weighted by Gasteiger charge is 2.46. The van der Waals surface area contributed by atoms with E-state index in [2.05, 4.69) is 31.2 Å². The number of hydrogen-bond donors (Lipinski definition) is 8. The molecular formula is C54H78N10O8S2. The van der Waals surface area contributed by atoms with Crippen molar-refractivity contribution in [3.63, 3.8) is 0 Å². The first-order chi connectivity index (χ1) is 35.0. The van der Waals surface area contributed by atoms with Gasteiger partial charge in [0.2, 0.25) is 35.4 Å². The average Bonchev–Trinajstić information content (AvgIpc) is 4.17. The number of carbonyl (C=O) groups is 6. The van der Waals surface area contributed by atoms with Gasteiger partial charge in [-0.3, -0.25) is 28.8 Å². The zero-order chi connectivity index (χ0) is 54.3. The van der Waals surface area contributed by atoms with Crippen LogP contribution in [0.15, 0.2) is 59.6 Å². The summed E-state index contributed by atoms with van der Waals surface area (Å²) in [6.07, 6.45) is 2.02. The van der Waals surface area contributed by atoms with E-state index in [4.69, 9.17) is 11.5 Å². The molecule has 2 aliphatic heterocycles. The normalized spacial score (nSPS) is 18.5. The summed E-state index contributed by atoms with van der Waals surface area (Å²) in [6.45, 7) is 16.9. The predicted molar refractivity (Wildman–Crippen MR) is 289 cm³/mol. The Morgan fingerprint density at radius 1 is 0.608 bits per heavy atom. The molecule has 20 heteroatoms. The second-order valence-electron chi connectivity index (χ2n) is 21.4. The Hall–Kier alpha value is -5.64. The quantitative estimate of drug-likeness (QED) is 0.0559. The molecule has 18 nitrogen and oxygen atoms in total. The number of aliphatic hydroxyl groups excluding tert-OH is 2. The van der Waals surface area contributed by atoms with Gasteiger partial charge in [0.15, 0.2) is 0 Å². The Morgan fingerprint density at radius 2 is 0.959 bits per heavy atom. The number of nitrogens with two attached hydrogens (primary N) is 2. The maximum atomic E-state index is 13.6. The van der Waals surface area contributed by atoms with Gasteiger partial charge in [0.05, 0.1) is 44.4 Å². The molecule has 2 aliphatic rings. The van der Waals surface area contributed by atoms with E-state index >= 15 is 0 Å². The fourth-order valence-electron chi connectivity index (χ4n) is 8.89. The number of amides is 6. The van der Waals surface area contributed by atoms with E-state index in [1.807, 2.05) is 115 Å². The lowest BCUT2D eigenvalue weighted by Crippen LogP contribution is -2.57. The molecular weight excluding hydrogens is 981 g/mol. The fraction of sp³-hybridized carbons (Fsp3) is 0.556. The molecule has 6 atom stereocenters. The molecule has 0 saturated carbocycles. The third kappa shape index (κ3) is 16.7. The van der Waals surface area contributed by atoms with Crippen LogP contribution in [0.3, 0.4) is 0 Å². The number of β-amino-alcohol motifs (C(OH)–C–C–N with tert-alkyl or cyclic N) is 2. The second-order valence-corrected chi connectivity index (χ2v) is 23.1. The third-order valence-corrected chi connectivity index (χ3v) is 15.1. The largest absolute Gasteiger partial charge is 0.391 e. The van der Waals surface area contributed by atoms with Gasteiger partial charge in [0.25, 0.3) is 0 Å². The van der Waals surface area contributed by atoms with Crippen molar-refractivity contribution in [1.29, 1.82) is 0 Å². The standard InChI is InChI=1S/2C27H39N5O4S/c2*1-17-23(37-16-30-17)19-10-8-18(9-11-19)14-29-25(35)21-13-20(33)15-32(21)26(36)24(27(2,3)4)31-22(34)7-5-6-12-28/h2*8-11,16,20-21,24,33H,5-7,12-15,28H2,1-4H3,(H,29,35)(H,31,34)/t20?,21-,24+;20-,21+,24-/m01/s1. The summed E-state index contributed by atoms with van der Waals surface area (Å²) in [5, 5.41) is 32.2. The summed E-state index contributed by atoms with van der Waals surface area (Å²) < 4.78 is 0. The maximum Gasteiger partial charge on any atom is 0.246 e. The minimum absolute atomic E-state index is 0.0510. The van der Waals surface area contributed by atoms with Gasteiger partial charge in [-0.1, -0.05) is 90.1 Å². The maximum absolute atomic E-state index is 13.6. The molecule has 4 heterocycles. The highest BCUT2D eigenvalue weighted by molar-refractivity contribution is 7.13. The van der Waals surface area contributed by atoms with Crippen molar-refractivity contribution in [2.24, 2.45) is 22.3 Å². The number of aryl methyl sites for hydroxylation is 2. The van der Waals surface area contributed by atoms with Crippen LogP contribution < -0.4 is 32.7 Å². The number of thiazole rings is 2. The molecule has 404 valence electrons. The van der Waals surface area contributed by atoms with Crippen molar-refractivity contribution in [1.82, 2.24) is 41.0 Å². The molecule has 0 spiro atoms. The lowest BCUT2D eigenvalue weighted by Gasteiger charge is -2.35. The molecule has 6 rings (SSSR count). The molecule has 0 bridgehead atoms. The number of benzene rings is 2. The van der Waals surface area contributed by atoms with Crippen molar-refractivity contribution in [2.75, 3.05) is 26.2 Å². The Balaban J connectivity index is 0.000000274. The molecule has 0 radical (unpaired) electrons. The van der Waals surface area contributed by atoms with Crippen LogP contribution in [0.4, 0.5) is 0 Å². The molecule has 4 aromatic rings. The number of aromatic nitrogens is 2. The molecule has 6 amide bonds. The van der Waals surface area contributed by atoms with Crippen molar-refractivity contribution in [3.8, 4) is 20.9 Å². The molecule has 2 fully saturated rings. The molecule has 2 saturated heterocycles. The summed E-state index contributed by atoms with van der Waals surface area (Å²) >= 11 is 3.17. The van der Waals surface area contributed by atoms with Gasteiger partial charge in [0, 0.05) is 51.9 Å². The molecule has 2 aromatic carbocycles. The molecule has 74 heavy (non-hydrogen) atoms. The van der Waals surface area contributed by atoms with E-state index in [1.165, 1.54) is 9.80 Å². The van der Waals surface area contributed by atoms with E-state index in [9.17, 15) is 39.0 Å². The first-order valence-corrected chi connectivity index (χ1v) is 27.3. The van der Waals surface area contributed by atoms with Crippen LogP contribution in [-0.4, -0.2) is 128 Å². The SMILES string of the molecule is Cc1ncsc1-c1ccc(CNC(=O)[C@@H]2CC(O)CN2C(=O)[C@@H](NC(=O)CCCCN)C(C)(C)C)cc1.Cc1ncsc1-c1ccc(CNC(=O)[C@@H]2C[C@@H](O)CN2C(=O)[C@@H](NC(=O)CCCCN)C(C)(C)C)cc1. The Bertz CT molecular complexity index is 2330. The summed E-state index contributed by atoms with van der Waals surface area (Å²) in [4.78, 5) is 92.0. The summed E-state index contributed by atoms with van der Waals surface area (Å²) in [6, 6.07) is 12.6. The van der Waals surface area contributed by atoms with Crippen molar-refractivity contribution >= 4 is 58.1 Å². The van der Waals surface area contributed by atoms with Crippen LogP contribution in [-0.2, 0) is 41.9 Å². The number of nitrogens with one attached hydrogen (secondary N) is 4. The Morgan fingerprint density at radius 3 is 1.26 bits per heavy atom. The molecule has 0 aliphatic carbocycles. The Labute approximate surface area is 443 Å².